The predicted molar refractivity (Wildman–Crippen MR) is 66.5 cm³/mol. The van der Waals surface area contributed by atoms with Crippen LogP contribution in [0.5, 0.6) is 0 Å². The summed E-state index contributed by atoms with van der Waals surface area (Å²) in [4.78, 5) is 0. The first-order chi connectivity index (χ1) is 6.76. The molecule has 84 valence electrons. The topological polar surface area (TPSA) is 0 Å². The van der Waals surface area contributed by atoms with Gasteiger partial charge in [0.15, 0.2) is 0 Å². The summed E-state index contributed by atoms with van der Waals surface area (Å²) in [7, 11) is 0. The quantitative estimate of drug-likeness (QED) is 0.370. The molecule has 0 saturated carbocycles. The van der Waals surface area contributed by atoms with Gasteiger partial charge in [0, 0.05) is 0 Å². The molecule has 0 rings (SSSR count). The Bertz CT molecular complexity index is 135. The van der Waals surface area contributed by atoms with Gasteiger partial charge >= 0.3 is 0 Å². The minimum Gasteiger partial charge on any atom is -0.0917 e. The van der Waals surface area contributed by atoms with Crippen LogP contribution in [0.2, 0.25) is 0 Å². The molecule has 0 saturated heterocycles. The van der Waals surface area contributed by atoms with E-state index in [4.69, 9.17) is 0 Å². The first-order valence-corrected chi connectivity index (χ1v) is 6.37. The highest BCUT2D eigenvalue weighted by molar-refractivity contribution is 4.82. The van der Waals surface area contributed by atoms with Crippen molar-refractivity contribution in [1.29, 1.82) is 0 Å². The van der Waals surface area contributed by atoms with Crippen LogP contribution >= 0.6 is 0 Å². The van der Waals surface area contributed by atoms with E-state index in [1.807, 2.05) is 0 Å². The summed E-state index contributed by atoms with van der Waals surface area (Å²) in [6.45, 7) is 9.12. The molecule has 0 bridgehead atoms. The Balaban J connectivity index is 3.84. The minimum absolute atomic E-state index is 0.892. The zero-order valence-corrected chi connectivity index (χ0v) is 10.6. The van der Waals surface area contributed by atoms with E-state index < -0.39 is 0 Å². The molecule has 0 aromatic carbocycles. The number of allylic oxidation sites excluding steroid dienone is 2. The molecule has 0 amide bonds. The van der Waals surface area contributed by atoms with Crippen LogP contribution in [0.4, 0.5) is 0 Å². The number of unbranched alkanes of at least 4 members (excludes halogenated alkanes) is 2. The van der Waals surface area contributed by atoms with Crippen molar-refractivity contribution in [2.45, 2.75) is 66.2 Å². The molecule has 0 nitrogen and oxygen atoms in total. The molecule has 0 aliphatic heterocycles. The molecule has 0 aromatic heterocycles. The third-order valence-electron chi connectivity index (χ3n) is 3.30. The fourth-order valence-corrected chi connectivity index (χ4v) is 1.94. The monoisotopic (exact) mass is 196 g/mol. The Labute approximate surface area is 90.8 Å². The Morgan fingerprint density at radius 1 is 1.14 bits per heavy atom. The van der Waals surface area contributed by atoms with Gasteiger partial charge in [-0.05, 0) is 31.6 Å². The van der Waals surface area contributed by atoms with Crippen LogP contribution in [0.25, 0.3) is 0 Å². The maximum absolute atomic E-state index is 2.40. The van der Waals surface area contributed by atoms with Crippen LogP contribution in [-0.4, -0.2) is 0 Å². The highest BCUT2D eigenvalue weighted by Crippen LogP contribution is 2.25. The molecule has 0 spiro atoms. The molecular formula is C14H28. The third kappa shape index (κ3) is 6.23. The molecule has 0 aliphatic rings. The first-order valence-electron chi connectivity index (χ1n) is 6.37. The fraction of sp³-hybridized carbons (Fsp3) is 0.857. The second-order valence-electron chi connectivity index (χ2n) is 4.45. The van der Waals surface area contributed by atoms with Crippen molar-refractivity contribution < 1.29 is 0 Å². The molecule has 0 aromatic rings. The van der Waals surface area contributed by atoms with Crippen LogP contribution in [0.3, 0.4) is 0 Å². The second-order valence-corrected chi connectivity index (χ2v) is 4.45. The summed E-state index contributed by atoms with van der Waals surface area (Å²) in [6.07, 6.45) is 12.7. The van der Waals surface area contributed by atoms with Gasteiger partial charge in [-0.3, -0.25) is 0 Å². The van der Waals surface area contributed by atoms with Crippen molar-refractivity contribution in [2.75, 3.05) is 0 Å². The highest BCUT2D eigenvalue weighted by Gasteiger charge is 2.13. The third-order valence-corrected chi connectivity index (χ3v) is 3.30. The van der Waals surface area contributed by atoms with Gasteiger partial charge in [-0.1, -0.05) is 58.6 Å². The smallest absolute Gasteiger partial charge is 0.0320 e. The van der Waals surface area contributed by atoms with E-state index in [2.05, 4.69) is 39.8 Å². The van der Waals surface area contributed by atoms with E-state index in [1.165, 1.54) is 38.5 Å². The normalized spacial score (nSPS) is 16.0. The first kappa shape index (κ1) is 13.7. The highest BCUT2D eigenvalue weighted by atomic mass is 14.2. The maximum atomic E-state index is 2.40. The van der Waals surface area contributed by atoms with E-state index in [9.17, 15) is 0 Å². The molecule has 2 unspecified atom stereocenters. The van der Waals surface area contributed by atoms with Crippen LogP contribution < -0.4 is 0 Å². The summed E-state index contributed by atoms with van der Waals surface area (Å²) in [5.41, 5.74) is 0. The van der Waals surface area contributed by atoms with Crippen LogP contribution in [0.15, 0.2) is 12.2 Å². The lowest BCUT2D eigenvalue weighted by atomic mass is 9.85. The lowest BCUT2D eigenvalue weighted by Crippen LogP contribution is -2.10. The number of hydrogen-bond acceptors (Lipinski definition) is 0. The standard InChI is InChI=1S/C14H28/c1-5-8-10-12-14(11-9-6-2)13(4)7-3/h6,9,13-14H,5,7-8,10-12H2,1-4H3. The molecule has 2 atom stereocenters. The van der Waals surface area contributed by atoms with Gasteiger partial charge in [0.05, 0.1) is 0 Å². The van der Waals surface area contributed by atoms with Gasteiger partial charge in [0.2, 0.25) is 0 Å². The summed E-state index contributed by atoms with van der Waals surface area (Å²) >= 11 is 0. The van der Waals surface area contributed by atoms with Crippen LogP contribution in [-0.2, 0) is 0 Å². The average Bonchev–Trinajstić information content (AvgIpc) is 2.22. The summed E-state index contributed by atoms with van der Waals surface area (Å²) < 4.78 is 0. The number of rotatable bonds is 8. The summed E-state index contributed by atoms with van der Waals surface area (Å²) in [5, 5.41) is 0. The second kappa shape index (κ2) is 9.30. The Kier molecular flexibility index (Phi) is 9.13. The van der Waals surface area contributed by atoms with Crippen molar-refractivity contribution in [3.8, 4) is 0 Å². The van der Waals surface area contributed by atoms with Crippen molar-refractivity contribution in [1.82, 2.24) is 0 Å². The van der Waals surface area contributed by atoms with Gasteiger partial charge in [-0.15, -0.1) is 0 Å². The van der Waals surface area contributed by atoms with Crippen molar-refractivity contribution in [2.24, 2.45) is 11.8 Å². The fourth-order valence-electron chi connectivity index (χ4n) is 1.94. The van der Waals surface area contributed by atoms with E-state index in [0.29, 0.717) is 0 Å². The predicted octanol–water partition coefficient (Wildman–Crippen LogP) is 5.20. The largest absolute Gasteiger partial charge is 0.0917 e. The molecular weight excluding hydrogens is 168 g/mol. The van der Waals surface area contributed by atoms with Crippen LogP contribution in [0, 0.1) is 11.8 Å². The van der Waals surface area contributed by atoms with Gasteiger partial charge in [0.25, 0.3) is 0 Å². The Hall–Kier alpha value is -0.260. The molecule has 0 aliphatic carbocycles. The van der Waals surface area contributed by atoms with E-state index in [1.54, 1.807) is 0 Å². The molecule has 0 radical (unpaired) electrons. The van der Waals surface area contributed by atoms with Crippen molar-refractivity contribution in [3.05, 3.63) is 12.2 Å². The maximum Gasteiger partial charge on any atom is -0.0320 e. The molecule has 0 N–H and O–H groups in total. The zero-order valence-electron chi connectivity index (χ0n) is 10.6. The van der Waals surface area contributed by atoms with Gasteiger partial charge in [-0.2, -0.15) is 0 Å². The number of hydrogen-bond donors (Lipinski definition) is 0. The van der Waals surface area contributed by atoms with E-state index >= 15 is 0 Å². The van der Waals surface area contributed by atoms with Gasteiger partial charge < -0.3 is 0 Å². The minimum atomic E-state index is 0.892. The van der Waals surface area contributed by atoms with Gasteiger partial charge in [-0.25, -0.2) is 0 Å². The van der Waals surface area contributed by atoms with E-state index in [-0.39, 0.29) is 0 Å². The molecule has 0 heteroatoms. The molecule has 14 heavy (non-hydrogen) atoms. The van der Waals surface area contributed by atoms with Crippen LogP contribution in [0.1, 0.15) is 66.2 Å². The average molecular weight is 196 g/mol. The summed E-state index contributed by atoms with van der Waals surface area (Å²) in [5.74, 6) is 1.81. The van der Waals surface area contributed by atoms with Crippen molar-refractivity contribution >= 4 is 0 Å². The SMILES string of the molecule is CC=CCC(CCCCC)C(C)CC. The Morgan fingerprint density at radius 2 is 1.86 bits per heavy atom. The molecule has 0 fully saturated rings. The molecule has 0 heterocycles. The van der Waals surface area contributed by atoms with Gasteiger partial charge in [0.1, 0.15) is 0 Å². The van der Waals surface area contributed by atoms with Crippen molar-refractivity contribution in [3.63, 3.8) is 0 Å². The Morgan fingerprint density at radius 3 is 2.36 bits per heavy atom. The lowest BCUT2D eigenvalue weighted by molar-refractivity contribution is 0.319. The lowest BCUT2D eigenvalue weighted by Gasteiger charge is -2.21. The summed E-state index contributed by atoms with van der Waals surface area (Å²) in [6, 6.07) is 0. The van der Waals surface area contributed by atoms with E-state index in [0.717, 1.165) is 11.8 Å². The zero-order chi connectivity index (χ0) is 10.8.